The zero-order valence-corrected chi connectivity index (χ0v) is 15.7. The summed E-state index contributed by atoms with van der Waals surface area (Å²) in [5.74, 6) is 1.73. The molecule has 0 aromatic heterocycles. The van der Waals surface area contributed by atoms with Crippen LogP contribution in [0.4, 0.5) is 13.2 Å². The van der Waals surface area contributed by atoms with Gasteiger partial charge in [0.2, 0.25) is 0 Å². The van der Waals surface area contributed by atoms with Crippen molar-refractivity contribution in [2.45, 2.75) is 38.6 Å². The molecule has 1 saturated carbocycles. The Morgan fingerprint density at radius 2 is 1.64 bits per heavy atom. The highest BCUT2D eigenvalue weighted by atomic mass is 19.4. The first kappa shape index (κ1) is 19.1. The van der Waals surface area contributed by atoms with Crippen LogP contribution in [0.1, 0.15) is 36.0 Å². The number of ether oxygens (including phenoxy) is 1. The van der Waals surface area contributed by atoms with Crippen molar-refractivity contribution in [3.05, 3.63) is 82.6 Å². The fraction of sp³-hybridized carbons (Fsp3) is 0.391. The van der Waals surface area contributed by atoms with Crippen molar-refractivity contribution >= 4 is 0 Å². The van der Waals surface area contributed by atoms with Crippen molar-refractivity contribution in [3.63, 3.8) is 0 Å². The van der Waals surface area contributed by atoms with E-state index < -0.39 is 11.7 Å². The van der Waals surface area contributed by atoms with E-state index in [1.807, 2.05) is 18.2 Å². The molecule has 0 atom stereocenters. The van der Waals surface area contributed by atoms with E-state index in [-0.39, 0.29) is 0 Å². The smallest absolute Gasteiger partial charge is 0.416 e. The number of hydrogen-bond acceptors (Lipinski definition) is 2. The van der Waals surface area contributed by atoms with Gasteiger partial charge >= 0.3 is 6.18 Å². The molecule has 2 aromatic carbocycles. The standard InChI is InChI=1S/C23H24F3NO/c24-23(25,26)20-10-6-17(7-11-20)14-27-13-12-22(21(15-27)19-8-9-19)28-16-18-4-2-1-3-5-18/h1-7,10-11,19H,8-9,12-16H2. The highest BCUT2D eigenvalue weighted by molar-refractivity contribution is 5.26. The topological polar surface area (TPSA) is 12.5 Å². The van der Waals surface area contributed by atoms with Crippen molar-refractivity contribution in [1.82, 2.24) is 4.90 Å². The second-order valence-corrected chi connectivity index (χ2v) is 7.65. The summed E-state index contributed by atoms with van der Waals surface area (Å²) < 4.78 is 44.4. The molecule has 4 rings (SSSR count). The Hall–Kier alpha value is -2.27. The zero-order valence-electron chi connectivity index (χ0n) is 15.7. The number of benzene rings is 2. The molecule has 0 spiro atoms. The van der Waals surface area contributed by atoms with E-state index in [9.17, 15) is 13.2 Å². The van der Waals surface area contributed by atoms with Crippen LogP contribution in [0.25, 0.3) is 0 Å². The fourth-order valence-corrected chi connectivity index (χ4v) is 3.72. The average molecular weight is 387 g/mol. The van der Waals surface area contributed by atoms with Crippen LogP contribution >= 0.6 is 0 Å². The number of halogens is 3. The SMILES string of the molecule is FC(F)(F)c1ccc(CN2CCC(OCc3ccccc3)=C(C3CC3)C2)cc1. The maximum Gasteiger partial charge on any atom is 0.416 e. The van der Waals surface area contributed by atoms with Crippen molar-refractivity contribution < 1.29 is 17.9 Å². The van der Waals surface area contributed by atoms with Gasteiger partial charge in [0.1, 0.15) is 6.61 Å². The zero-order chi connectivity index (χ0) is 19.6. The molecule has 1 fully saturated rings. The van der Waals surface area contributed by atoms with E-state index in [1.165, 1.54) is 30.5 Å². The molecule has 28 heavy (non-hydrogen) atoms. The van der Waals surface area contributed by atoms with Crippen molar-refractivity contribution in [2.75, 3.05) is 13.1 Å². The molecule has 1 heterocycles. The minimum atomic E-state index is -4.28. The van der Waals surface area contributed by atoms with Crippen LogP contribution in [0.5, 0.6) is 0 Å². The Kier molecular flexibility index (Phi) is 5.44. The first-order valence-corrected chi connectivity index (χ1v) is 9.76. The van der Waals surface area contributed by atoms with Crippen LogP contribution in [0.2, 0.25) is 0 Å². The number of rotatable bonds is 6. The highest BCUT2D eigenvalue weighted by Gasteiger charge is 2.33. The fourth-order valence-electron chi connectivity index (χ4n) is 3.72. The van der Waals surface area contributed by atoms with Gasteiger partial charge in [-0.3, -0.25) is 4.90 Å². The van der Waals surface area contributed by atoms with E-state index in [1.54, 1.807) is 12.1 Å². The summed E-state index contributed by atoms with van der Waals surface area (Å²) in [4.78, 5) is 2.31. The summed E-state index contributed by atoms with van der Waals surface area (Å²) in [6, 6.07) is 15.7. The summed E-state index contributed by atoms with van der Waals surface area (Å²) in [7, 11) is 0. The molecule has 0 bridgehead atoms. The minimum absolute atomic E-state index is 0.589. The molecule has 2 nitrogen and oxygen atoms in total. The third-order valence-electron chi connectivity index (χ3n) is 5.42. The third-order valence-corrected chi connectivity index (χ3v) is 5.42. The minimum Gasteiger partial charge on any atom is -0.493 e. The molecular formula is C23H24F3NO. The second kappa shape index (κ2) is 8.00. The summed E-state index contributed by atoms with van der Waals surface area (Å²) in [6.07, 6.45) is -1.00. The molecule has 0 N–H and O–H groups in total. The predicted octanol–water partition coefficient (Wildman–Crippen LogP) is 5.79. The van der Waals surface area contributed by atoms with Gasteiger partial charge in [0, 0.05) is 26.1 Å². The van der Waals surface area contributed by atoms with Crippen LogP contribution in [-0.4, -0.2) is 18.0 Å². The van der Waals surface area contributed by atoms with Gasteiger partial charge in [-0.1, -0.05) is 42.5 Å². The van der Waals surface area contributed by atoms with E-state index in [4.69, 9.17) is 4.74 Å². The number of nitrogens with zero attached hydrogens (tertiary/aromatic N) is 1. The molecule has 2 aromatic rings. The van der Waals surface area contributed by atoms with Gasteiger partial charge in [0.25, 0.3) is 0 Å². The quantitative estimate of drug-likeness (QED) is 0.622. The van der Waals surface area contributed by atoms with Gasteiger partial charge in [-0.15, -0.1) is 0 Å². The lowest BCUT2D eigenvalue weighted by atomic mass is 10.0. The summed E-state index contributed by atoms with van der Waals surface area (Å²) in [5.41, 5.74) is 2.87. The Labute approximate surface area is 163 Å². The molecule has 2 aliphatic rings. The first-order valence-electron chi connectivity index (χ1n) is 9.76. The predicted molar refractivity (Wildman–Crippen MR) is 102 cm³/mol. The van der Waals surface area contributed by atoms with Gasteiger partial charge in [-0.05, 0) is 47.6 Å². The monoisotopic (exact) mass is 387 g/mol. The highest BCUT2D eigenvalue weighted by Crippen LogP contribution is 2.41. The van der Waals surface area contributed by atoms with Crippen LogP contribution in [0.3, 0.4) is 0 Å². The third kappa shape index (κ3) is 4.76. The Morgan fingerprint density at radius 3 is 2.29 bits per heavy atom. The van der Waals surface area contributed by atoms with E-state index >= 15 is 0 Å². The van der Waals surface area contributed by atoms with Crippen LogP contribution in [0.15, 0.2) is 65.9 Å². The molecule has 5 heteroatoms. The molecule has 0 unspecified atom stereocenters. The lowest BCUT2D eigenvalue weighted by molar-refractivity contribution is -0.137. The van der Waals surface area contributed by atoms with Gasteiger partial charge in [-0.2, -0.15) is 13.2 Å². The van der Waals surface area contributed by atoms with Gasteiger partial charge < -0.3 is 4.74 Å². The molecule has 1 aliphatic heterocycles. The number of hydrogen-bond donors (Lipinski definition) is 0. The van der Waals surface area contributed by atoms with Crippen molar-refractivity contribution in [2.24, 2.45) is 5.92 Å². The van der Waals surface area contributed by atoms with E-state index in [0.717, 1.165) is 36.4 Å². The van der Waals surface area contributed by atoms with Crippen LogP contribution in [0, 0.1) is 5.92 Å². The van der Waals surface area contributed by atoms with E-state index in [2.05, 4.69) is 17.0 Å². The van der Waals surface area contributed by atoms with Gasteiger partial charge in [0.15, 0.2) is 0 Å². The summed E-state index contributed by atoms with van der Waals surface area (Å²) in [5, 5.41) is 0. The van der Waals surface area contributed by atoms with Crippen molar-refractivity contribution in [1.29, 1.82) is 0 Å². The Morgan fingerprint density at radius 1 is 0.929 bits per heavy atom. The van der Waals surface area contributed by atoms with Crippen LogP contribution in [-0.2, 0) is 24.1 Å². The molecule has 1 aliphatic carbocycles. The largest absolute Gasteiger partial charge is 0.493 e. The number of alkyl halides is 3. The molecule has 0 saturated heterocycles. The molecule has 148 valence electrons. The lowest BCUT2D eigenvalue weighted by Crippen LogP contribution is -2.32. The van der Waals surface area contributed by atoms with Gasteiger partial charge in [-0.25, -0.2) is 0 Å². The maximum atomic E-state index is 12.7. The Bertz CT molecular complexity index is 823. The second-order valence-electron chi connectivity index (χ2n) is 7.65. The first-order chi connectivity index (χ1) is 13.5. The summed E-state index contributed by atoms with van der Waals surface area (Å²) >= 11 is 0. The summed E-state index contributed by atoms with van der Waals surface area (Å²) in [6.45, 7) is 2.96. The van der Waals surface area contributed by atoms with E-state index in [0.29, 0.717) is 19.1 Å². The van der Waals surface area contributed by atoms with Gasteiger partial charge in [0.05, 0.1) is 11.3 Å². The average Bonchev–Trinajstić information content (AvgIpc) is 3.53. The normalized spacial score (nSPS) is 18.4. The lowest BCUT2D eigenvalue weighted by Gasteiger charge is -2.31. The van der Waals surface area contributed by atoms with Crippen molar-refractivity contribution in [3.8, 4) is 0 Å². The maximum absolute atomic E-state index is 12.7. The van der Waals surface area contributed by atoms with Crippen LogP contribution < -0.4 is 0 Å². The molecule has 0 radical (unpaired) electrons. The molecular weight excluding hydrogens is 363 g/mol. The molecule has 0 amide bonds. The Balaban J connectivity index is 1.40.